The van der Waals surface area contributed by atoms with Crippen LogP contribution in [0.2, 0.25) is 0 Å². The van der Waals surface area contributed by atoms with Gasteiger partial charge >= 0.3 is 11.9 Å². The Labute approximate surface area is 163 Å². The molecule has 1 aromatic rings. The zero-order chi connectivity index (χ0) is 19.2. The Morgan fingerprint density at radius 2 is 1.76 bits per heavy atom. The van der Waals surface area contributed by atoms with Gasteiger partial charge in [0.15, 0.2) is 0 Å². The summed E-state index contributed by atoms with van der Waals surface area (Å²) in [4.78, 5) is 36.3. The molecule has 0 atom stereocenters. The fraction of sp³-hybridized carbons (Fsp3) is 0.500. The number of halogens is 3. The normalized spacial score (nSPS) is 11.1. The quantitative estimate of drug-likeness (QED) is 0.404. The van der Waals surface area contributed by atoms with Crippen LogP contribution in [-0.4, -0.2) is 48.6 Å². The summed E-state index contributed by atoms with van der Waals surface area (Å²) < 4.78 is 12.6. The first-order valence-electron chi connectivity index (χ1n) is 6.98. The maximum Gasteiger partial charge on any atom is 0.348 e. The van der Waals surface area contributed by atoms with Crippen molar-refractivity contribution in [3.8, 4) is 0 Å². The zero-order valence-electron chi connectivity index (χ0n) is 13.6. The van der Waals surface area contributed by atoms with E-state index in [-0.39, 0.29) is 35.3 Å². The molecular weight excluding hydrogens is 417 g/mol. The molecule has 0 unspecified atom stereocenters. The number of amides is 1. The zero-order valence-corrected chi connectivity index (χ0v) is 16.7. The van der Waals surface area contributed by atoms with Crippen LogP contribution in [0.3, 0.4) is 0 Å². The Morgan fingerprint density at radius 3 is 2.28 bits per heavy atom. The minimum Gasteiger partial charge on any atom is -0.462 e. The number of hydrogen-bond acceptors (Lipinski definition) is 7. The summed E-state index contributed by atoms with van der Waals surface area (Å²) in [6.45, 7) is 3.52. The largest absolute Gasteiger partial charge is 0.462 e. The van der Waals surface area contributed by atoms with Crippen molar-refractivity contribution in [2.24, 2.45) is 0 Å². The lowest BCUT2D eigenvalue weighted by Gasteiger charge is -2.11. The van der Waals surface area contributed by atoms with Gasteiger partial charge in [-0.25, -0.2) is 9.59 Å². The first-order valence-corrected chi connectivity index (χ1v) is 8.93. The molecule has 7 nitrogen and oxygen atoms in total. The van der Waals surface area contributed by atoms with E-state index in [0.717, 1.165) is 11.3 Å². The second-order valence-corrected chi connectivity index (χ2v) is 7.86. The van der Waals surface area contributed by atoms with Gasteiger partial charge in [-0.2, -0.15) is 0 Å². The predicted octanol–water partition coefficient (Wildman–Crippen LogP) is 3.35. The molecule has 1 aromatic heterocycles. The first-order chi connectivity index (χ1) is 11.6. The van der Waals surface area contributed by atoms with Crippen LogP contribution in [-0.2, 0) is 19.0 Å². The third-order valence-corrected chi connectivity index (χ3v) is 4.52. The van der Waals surface area contributed by atoms with Crippen molar-refractivity contribution in [3.05, 3.63) is 16.0 Å². The Balaban J connectivity index is 3.20. The van der Waals surface area contributed by atoms with Crippen LogP contribution in [0.4, 0.5) is 5.00 Å². The smallest absolute Gasteiger partial charge is 0.348 e. The molecule has 0 saturated carbocycles. The van der Waals surface area contributed by atoms with E-state index in [1.165, 1.54) is 14.0 Å². The summed E-state index contributed by atoms with van der Waals surface area (Å²) in [5.74, 6) is -2.35. The molecule has 1 heterocycles. The third-order valence-electron chi connectivity index (χ3n) is 2.82. The highest BCUT2D eigenvalue weighted by Gasteiger charge is 2.34. The minimum absolute atomic E-state index is 0.00754. The topological polar surface area (TPSA) is 90.9 Å². The lowest BCUT2D eigenvalue weighted by molar-refractivity contribution is -0.115. The van der Waals surface area contributed by atoms with Crippen LogP contribution < -0.4 is 5.32 Å². The number of esters is 2. The molecule has 140 valence electrons. The monoisotopic (exact) mass is 431 g/mol. The van der Waals surface area contributed by atoms with Crippen LogP contribution in [0.15, 0.2) is 0 Å². The number of ether oxygens (including phenoxy) is 3. The maximum absolute atomic E-state index is 12.2. The number of carbonyl (C=O) groups is 3. The molecule has 0 aromatic carbocycles. The van der Waals surface area contributed by atoms with E-state index in [2.05, 4.69) is 5.32 Å². The van der Waals surface area contributed by atoms with E-state index in [9.17, 15) is 14.4 Å². The average molecular weight is 433 g/mol. The van der Waals surface area contributed by atoms with E-state index >= 15 is 0 Å². The molecule has 0 aliphatic heterocycles. The molecule has 0 aliphatic rings. The van der Waals surface area contributed by atoms with Gasteiger partial charge in [-0.15, -0.1) is 11.3 Å². The van der Waals surface area contributed by atoms with Gasteiger partial charge < -0.3 is 19.5 Å². The van der Waals surface area contributed by atoms with Crippen molar-refractivity contribution in [2.45, 2.75) is 17.6 Å². The maximum atomic E-state index is 12.2. The van der Waals surface area contributed by atoms with E-state index in [1.807, 2.05) is 0 Å². The van der Waals surface area contributed by atoms with Crippen LogP contribution in [0, 0.1) is 6.92 Å². The highest BCUT2D eigenvalue weighted by molar-refractivity contribution is 7.18. The summed E-state index contributed by atoms with van der Waals surface area (Å²) in [6.07, 6.45) is 0. The molecule has 0 saturated heterocycles. The van der Waals surface area contributed by atoms with Gasteiger partial charge in [-0.1, -0.05) is 34.8 Å². The fourth-order valence-electron chi connectivity index (χ4n) is 1.70. The minimum atomic E-state index is -2.23. The van der Waals surface area contributed by atoms with E-state index in [0.29, 0.717) is 5.56 Å². The van der Waals surface area contributed by atoms with Crippen molar-refractivity contribution in [1.29, 1.82) is 0 Å². The third kappa shape index (κ3) is 6.00. The Kier molecular flexibility index (Phi) is 8.43. The van der Waals surface area contributed by atoms with Crippen LogP contribution in [0.5, 0.6) is 0 Å². The summed E-state index contributed by atoms with van der Waals surface area (Å²) in [5, 5.41) is 2.36. The number of rotatable bonds is 7. The van der Waals surface area contributed by atoms with Gasteiger partial charge in [0.25, 0.3) is 9.70 Å². The first kappa shape index (κ1) is 22.0. The Morgan fingerprint density at radius 1 is 1.12 bits per heavy atom. The van der Waals surface area contributed by atoms with Gasteiger partial charge in [0.2, 0.25) is 0 Å². The highest BCUT2D eigenvalue weighted by atomic mass is 35.6. The number of methoxy groups -OCH3 is 1. The molecule has 1 rings (SSSR count). The van der Waals surface area contributed by atoms with Crippen LogP contribution in [0.1, 0.15) is 32.5 Å². The fourth-order valence-corrected chi connectivity index (χ4v) is 2.93. The molecule has 0 spiro atoms. The summed E-state index contributed by atoms with van der Waals surface area (Å²) in [6, 6.07) is 0. The van der Waals surface area contributed by atoms with E-state index in [4.69, 9.17) is 49.0 Å². The summed E-state index contributed by atoms with van der Waals surface area (Å²) in [7, 11) is 1.47. The number of hydrogen-bond donors (Lipinski definition) is 1. The van der Waals surface area contributed by atoms with Crippen molar-refractivity contribution >= 4 is 69.0 Å². The summed E-state index contributed by atoms with van der Waals surface area (Å²) in [5.41, 5.74) is 0.304. The molecule has 0 radical (unpaired) electrons. The number of carbonyl (C=O) groups excluding carboxylic acids is 3. The number of nitrogens with one attached hydrogen (secondary N) is 1. The number of anilines is 1. The molecule has 0 aliphatic carbocycles. The summed E-state index contributed by atoms with van der Waals surface area (Å²) >= 11 is 17.4. The SMILES string of the molecule is CCOC(=O)c1c(NC(=O)C(Cl)(Cl)Cl)sc(C(=O)OCCOC)c1C. The molecular formula is C14H16Cl3NO6S. The van der Waals surface area contributed by atoms with Gasteiger partial charge in [-0.05, 0) is 19.4 Å². The molecule has 1 amide bonds. The van der Waals surface area contributed by atoms with E-state index in [1.54, 1.807) is 6.92 Å². The molecule has 11 heteroatoms. The van der Waals surface area contributed by atoms with Crippen molar-refractivity contribution in [3.63, 3.8) is 0 Å². The second kappa shape index (κ2) is 9.59. The van der Waals surface area contributed by atoms with Gasteiger partial charge in [-0.3, -0.25) is 4.79 Å². The van der Waals surface area contributed by atoms with E-state index < -0.39 is 21.6 Å². The molecule has 1 N–H and O–H groups in total. The Bertz CT molecular complexity index is 656. The van der Waals surface area contributed by atoms with Crippen molar-refractivity contribution in [2.75, 3.05) is 32.2 Å². The molecule has 0 bridgehead atoms. The number of alkyl halides is 3. The van der Waals surface area contributed by atoms with Crippen LogP contribution >= 0.6 is 46.1 Å². The Hall–Kier alpha value is -1.06. The highest BCUT2D eigenvalue weighted by Crippen LogP contribution is 2.36. The van der Waals surface area contributed by atoms with Gasteiger partial charge in [0, 0.05) is 7.11 Å². The standard InChI is InChI=1S/C14H16Cl3NO6S/c1-4-23-11(19)8-7(2)9(12(20)24-6-5-22-3)25-10(8)18-13(21)14(15,16)17/h4-6H2,1-3H3,(H,18,21). The second-order valence-electron chi connectivity index (χ2n) is 4.56. The van der Waals surface area contributed by atoms with Crippen molar-refractivity contribution in [1.82, 2.24) is 0 Å². The van der Waals surface area contributed by atoms with Crippen LogP contribution in [0.25, 0.3) is 0 Å². The van der Waals surface area contributed by atoms with Crippen molar-refractivity contribution < 1.29 is 28.6 Å². The molecule has 25 heavy (non-hydrogen) atoms. The molecule has 0 fully saturated rings. The lowest BCUT2D eigenvalue weighted by Crippen LogP contribution is -2.27. The average Bonchev–Trinajstić information content (AvgIpc) is 2.83. The van der Waals surface area contributed by atoms with Gasteiger partial charge in [0.1, 0.15) is 16.5 Å². The van der Waals surface area contributed by atoms with Gasteiger partial charge in [0.05, 0.1) is 18.8 Å². The predicted molar refractivity (Wildman–Crippen MR) is 96.1 cm³/mol. The number of thiophene rings is 1. The lowest BCUT2D eigenvalue weighted by atomic mass is 10.1.